The largest absolute Gasteiger partial charge is 0.493 e. The van der Waals surface area contributed by atoms with Crippen molar-refractivity contribution >= 4 is 16.9 Å². The average molecular weight is 478 g/mol. The number of fused-ring (bicyclic) bond motifs is 1. The van der Waals surface area contributed by atoms with E-state index < -0.39 is 11.7 Å². The molecule has 8 nitrogen and oxygen atoms in total. The van der Waals surface area contributed by atoms with Crippen LogP contribution in [-0.4, -0.2) is 57.7 Å². The predicted molar refractivity (Wildman–Crippen MR) is 117 cm³/mol. The summed E-state index contributed by atoms with van der Waals surface area (Å²) in [4.78, 5) is 17.9. The molecule has 0 spiro atoms. The fourth-order valence-corrected chi connectivity index (χ4v) is 4.10. The molecule has 0 aliphatic carbocycles. The molecule has 3 aromatic rings. The molecule has 1 saturated heterocycles. The highest BCUT2D eigenvalue weighted by molar-refractivity contribution is 5.85. The number of likely N-dealkylation sites (N-methyl/N-ethyl adjacent to an activating group) is 1. The molecule has 11 heteroatoms. The van der Waals surface area contributed by atoms with Gasteiger partial charge in [0.25, 0.3) is 0 Å². The molecule has 1 aliphatic heterocycles. The zero-order valence-electron chi connectivity index (χ0n) is 19.0. The van der Waals surface area contributed by atoms with Gasteiger partial charge in [0.15, 0.2) is 12.4 Å². The van der Waals surface area contributed by atoms with E-state index in [9.17, 15) is 23.1 Å². The maximum absolute atomic E-state index is 13.4. The molecule has 3 heterocycles. The number of benzene rings is 1. The highest BCUT2D eigenvalue weighted by Crippen LogP contribution is 2.40. The van der Waals surface area contributed by atoms with Crippen LogP contribution < -0.4 is 4.74 Å². The number of hydrogen-bond donors (Lipinski definition) is 1. The van der Waals surface area contributed by atoms with Gasteiger partial charge in [-0.05, 0) is 50.1 Å². The van der Waals surface area contributed by atoms with Crippen molar-refractivity contribution in [1.82, 2.24) is 19.7 Å². The third-order valence-corrected chi connectivity index (χ3v) is 5.87. The molecule has 1 N–H and O–H groups in total. The van der Waals surface area contributed by atoms with Crippen LogP contribution in [0.15, 0.2) is 24.3 Å². The highest BCUT2D eigenvalue weighted by Gasteiger charge is 2.33. The van der Waals surface area contributed by atoms with Gasteiger partial charge in [-0.2, -0.15) is 13.2 Å². The Bertz CT molecular complexity index is 1230. The lowest BCUT2D eigenvalue weighted by molar-refractivity contribution is -0.137. The molecule has 1 aromatic carbocycles. The van der Waals surface area contributed by atoms with Crippen molar-refractivity contribution in [2.45, 2.75) is 38.9 Å². The maximum Gasteiger partial charge on any atom is 0.416 e. The van der Waals surface area contributed by atoms with Crippen LogP contribution in [0.1, 0.15) is 36.9 Å². The van der Waals surface area contributed by atoms with E-state index >= 15 is 0 Å². The molecular weight excluding hydrogens is 453 g/mol. The van der Waals surface area contributed by atoms with E-state index in [2.05, 4.69) is 10.1 Å². The number of aryl methyl sites for hydroxylation is 1. The lowest BCUT2D eigenvalue weighted by Crippen LogP contribution is -2.38. The Balaban J connectivity index is 1.76. The lowest BCUT2D eigenvalue weighted by Gasteiger charge is -2.29. The van der Waals surface area contributed by atoms with Gasteiger partial charge in [-0.3, -0.25) is 4.79 Å². The summed E-state index contributed by atoms with van der Waals surface area (Å²) in [7, 11) is 1.70. The fourth-order valence-electron chi connectivity index (χ4n) is 4.10. The van der Waals surface area contributed by atoms with Crippen molar-refractivity contribution in [3.05, 3.63) is 35.4 Å². The van der Waals surface area contributed by atoms with Crippen molar-refractivity contribution in [3.8, 4) is 22.9 Å². The Morgan fingerprint density at radius 1 is 1.26 bits per heavy atom. The third kappa shape index (κ3) is 4.52. The monoisotopic (exact) mass is 478 g/mol. The van der Waals surface area contributed by atoms with Crippen LogP contribution >= 0.6 is 0 Å². The van der Waals surface area contributed by atoms with Gasteiger partial charge < -0.3 is 19.5 Å². The van der Waals surface area contributed by atoms with Gasteiger partial charge in [-0.25, -0.2) is 9.67 Å². The van der Waals surface area contributed by atoms with Crippen molar-refractivity contribution in [2.75, 3.05) is 27.0 Å². The van der Waals surface area contributed by atoms with E-state index in [4.69, 9.17) is 9.47 Å². The first-order chi connectivity index (χ1) is 16.1. The summed E-state index contributed by atoms with van der Waals surface area (Å²) in [5.74, 6) is -0.0484. The summed E-state index contributed by atoms with van der Waals surface area (Å²) in [5.41, 5.74) is 0.463. The number of rotatable bonds is 6. The minimum absolute atomic E-state index is 0.0105. The number of hydrogen-bond acceptors (Lipinski definition) is 6. The van der Waals surface area contributed by atoms with Crippen LogP contribution in [0.4, 0.5) is 13.2 Å². The number of ether oxygens (including phenoxy) is 2. The molecule has 1 fully saturated rings. The Labute approximate surface area is 193 Å². The van der Waals surface area contributed by atoms with E-state index in [-0.39, 0.29) is 36.0 Å². The van der Waals surface area contributed by atoms with Crippen LogP contribution in [0.25, 0.3) is 22.3 Å². The molecule has 182 valence electrons. The van der Waals surface area contributed by atoms with E-state index in [0.717, 1.165) is 12.1 Å². The molecule has 0 saturated carbocycles. The predicted octanol–water partition coefficient (Wildman–Crippen LogP) is 4.30. The number of nitrogens with zero attached hydrogens (tertiary/aromatic N) is 4. The maximum atomic E-state index is 13.4. The van der Waals surface area contributed by atoms with Gasteiger partial charge in [0, 0.05) is 32.2 Å². The van der Waals surface area contributed by atoms with E-state index in [1.54, 1.807) is 37.9 Å². The van der Waals surface area contributed by atoms with E-state index in [1.165, 1.54) is 4.68 Å². The first-order valence-electron chi connectivity index (χ1n) is 10.8. The SMILES string of the molecule is CCOCOc1cc(C(F)(F)F)cc(C)c1-c1ccc2c(O)n(C3CCC(=O)N(C)C3)nc2n1. The number of carbonyl (C=O) groups is 1. The second kappa shape index (κ2) is 9.13. The van der Waals surface area contributed by atoms with Gasteiger partial charge in [0.2, 0.25) is 11.8 Å². The molecule has 4 rings (SSSR count). The minimum atomic E-state index is -4.54. The first kappa shape index (κ1) is 23.8. The molecule has 0 bridgehead atoms. The van der Waals surface area contributed by atoms with Crippen molar-refractivity contribution in [2.24, 2.45) is 0 Å². The molecule has 34 heavy (non-hydrogen) atoms. The highest BCUT2D eigenvalue weighted by atomic mass is 19.4. The number of amides is 1. The minimum Gasteiger partial charge on any atom is -0.493 e. The number of alkyl halides is 3. The standard InChI is InChI=1S/C23H25F3N4O4/c1-4-33-12-34-18-10-14(23(24,25)26)9-13(2)20(18)17-7-6-16-21(27-17)28-30(22(16)32)15-5-8-19(31)29(3)11-15/h6-7,9-10,15,32H,4-5,8,11-12H2,1-3H3. The topological polar surface area (TPSA) is 89.7 Å². The number of aromatic nitrogens is 3. The Morgan fingerprint density at radius 3 is 2.71 bits per heavy atom. The lowest BCUT2D eigenvalue weighted by atomic mass is 10.00. The van der Waals surface area contributed by atoms with E-state index in [0.29, 0.717) is 48.2 Å². The van der Waals surface area contributed by atoms with Gasteiger partial charge in [-0.15, -0.1) is 5.10 Å². The zero-order valence-corrected chi connectivity index (χ0v) is 19.0. The number of aromatic hydroxyl groups is 1. The molecule has 0 radical (unpaired) electrons. The van der Waals surface area contributed by atoms with Gasteiger partial charge in [0.05, 0.1) is 22.7 Å². The van der Waals surface area contributed by atoms with Gasteiger partial charge >= 0.3 is 6.18 Å². The fraction of sp³-hybridized carbons (Fsp3) is 0.435. The van der Waals surface area contributed by atoms with Crippen molar-refractivity contribution < 1.29 is 32.5 Å². The number of likely N-dealkylation sites (tertiary alicyclic amines) is 1. The molecule has 1 aliphatic rings. The summed E-state index contributed by atoms with van der Waals surface area (Å²) in [6.07, 6.45) is -3.66. The average Bonchev–Trinajstić information content (AvgIpc) is 3.10. The van der Waals surface area contributed by atoms with Crippen LogP contribution in [-0.2, 0) is 15.7 Å². The zero-order chi connectivity index (χ0) is 24.6. The van der Waals surface area contributed by atoms with E-state index in [1.807, 2.05) is 0 Å². The Morgan fingerprint density at radius 2 is 2.03 bits per heavy atom. The summed E-state index contributed by atoms with van der Waals surface area (Å²) in [6.45, 7) is 3.83. The summed E-state index contributed by atoms with van der Waals surface area (Å²) >= 11 is 0. The number of pyridine rings is 1. The molecule has 1 unspecified atom stereocenters. The number of piperidine rings is 1. The molecular formula is C23H25F3N4O4. The second-order valence-corrected chi connectivity index (χ2v) is 8.22. The van der Waals surface area contributed by atoms with Crippen LogP contribution in [0, 0.1) is 6.92 Å². The smallest absolute Gasteiger partial charge is 0.416 e. The first-order valence-corrected chi connectivity index (χ1v) is 10.8. The Kier molecular flexibility index (Phi) is 6.39. The quantitative estimate of drug-likeness (QED) is 0.420. The molecule has 1 amide bonds. The third-order valence-electron chi connectivity index (χ3n) is 5.87. The summed E-state index contributed by atoms with van der Waals surface area (Å²) in [6, 6.07) is 4.99. The van der Waals surface area contributed by atoms with Crippen molar-refractivity contribution in [3.63, 3.8) is 0 Å². The summed E-state index contributed by atoms with van der Waals surface area (Å²) in [5, 5.41) is 15.6. The molecule has 1 atom stereocenters. The normalized spacial score (nSPS) is 16.9. The van der Waals surface area contributed by atoms with Crippen LogP contribution in [0.5, 0.6) is 11.6 Å². The van der Waals surface area contributed by atoms with Gasteiger partial charge in [-0.1, -0.05) is 0 Å². The number of carbonyl (C=O) groups excluding carboxylic acids is 1. The summed E-state index contributed by atoms with van der Waals surface area (Å²) < 4.78 is 52.3. The Hall–Kier alpha value is -3.34. The number of halogens is 3. The van der Waals surface area contributed by atoms with Gasteiger partial charge in [0.1, 0.15) is 5.75 Å². The van der Waals surface area contributed by atoms with Crippen LogP contribution in [0.3, 0.4) is 0 Å². The molecule has 2 aromatic heterocycles. The van der Waals surface area contributed by atoms with Crippen molar-refractivity contribution in [1.29, 1.82) is 0 Å². The van der Waals surface area contributed by atoms with Crippen LogP contribution in [0.2, 0.25) is 0 Å². The second-order valence-electron chi connectivity index (χ2n) is 8.22.